The van der Waals surface area contributed by atoms with Crippen molar-refractivity contribution in [2.45, 2.75) is 13.3 Å². The molecule has 4 nitrogen and oxygen atoms in total. The molecule has 1 aliphatic rings. The number of halogens is 2. The molecule has 1 fully saturated rings. The second kappa shape index (κ2) is 4.44. The molecular weight excluding hydrogens is 275 g/mol. The Labute approximate surface area is 114 Å². The third-order valence-electron chi connectivity index (χ3n) is 3.27. The fourth-order valence-electron chi connectivity index (χ4n) is 2.06. The van der Waals surface area contributed by atoms with E-state index in [0.29, 0.717) is 22.2 Å². The zero-order valence-corrected chi connectivity index (χ0v) is 11.2. The monoisotopic (exact) mass is 286 g/mol. The van der Waals surface area contributed by atoms with Gasteiger partial charge in [0.2, 0.25) is 11.8 Å². The number of nitrogens with one attached hydrogen (secondary N) is 1. The first-order chi connectivity index (χ1) is 8.36. The van der Waals surface area contributed by atoms with Crippen LogP contribution >= 0.6 is 23.2 Å². The highest BCUT2D eigenvalue weighted by molar-refractivity contribution is 6.35. The van der Waals surface area contributed by atoms with Crippen molar-refractivity contribution in [3.05, 3.63) is 28.2 Å². The summed E-state index contributed by atoms with van der Waals surface area (Å²) in [7, 11) is 0. The van der Waals surface area contributed by atoms with Gasteiger partial charge < -0.3 is 11.1 Å². The number of hydrogen-bond acceptors (Lipinski definition) is 2. The van der Waals surface area contributed by atoms with Gasteiger partial charge in [0, 0.05) is 15.7 Å². The van der Waals surface area contributed by atoms with Gasteiger partial charge in [0.1, 0.15) is 5.41 Å². The van der Waals surface area contributed by atoms with E-state index in [2.05, 4.69) is 5.32 Å². The Morgan fingerprint density at radius 1 is 1.33 bits per heavy atom. The minimum Gasteiger partial charge on any atom is -0.369 e. The van der Waals surface area contributed by atoms with Gasteiger partial charge >= 0.3 is 0 Å². The molecule has 1 saturated carbocycles. The van der Waals surface area contributed by atoms with E-state index in [-0.39, 0.29) is 5.92 Å². The molecule has 2 unspecified atom stereocenters. The van der Waals surface area contributed by atoms with Gasteiger partial charge in [0.15, 0.2) is 0 Å². The van der Waals surface area contributed by atoms with E-state index in [1.807, 2.05) is 6.92 Å². The molecule has 0 radical (unpaired) electrons. The summed E-state index contributed by atoms with van der Waals surface area (Å²) in [6.45, 7) is 1.81. The molecule has 18 heavy (non-hydrogen) atoms. The van der Waals surface area contributed by atoms with Crippen LogP contribution in [0.3, 0.4) is 0 Å². The molecule has 3 N–H and O–H groups in total. The van der Waals surface area contributed by atoms with Crippen molar-refractivity contribution in [1.29, 1.82) is 0 Å². The summed E-state index contributed by atoms with van der Waals surface area (Å²) in [5.74, 6) is -1.04. The lowest BCUT2D eigenvalue weighted by molar-refractivity contribution is -0.132. The third kappa shape index (κ3) is 2.18. The zero-order chi connectivity index (χ0) is 13.5. The van der Waals surface area contributed by atoms with Crippen LogP contribution in [0.25, 0.3) is 0 Å². The van der Waals surface area contributed by atoms with Crippen molar-refractivity contribution in [1.82, 2.24) is 0 Å². The van der Waals surface area contributed by atoms with Crippen molar-refractivity contribution >= 4 is 40.7 Å². The fourth-order valence-corrected chi connectivity index (χ4v) is 2.59. The minimum absolute atomic E-state index is 0.0374. The van der Waals surface area contributed by atoms with E-state index in [1.54, 1.807) is 18.2 Å². The van der Waals surface area contributed by atoms with Crippen molar-refractivity contribution in [3.63, 3.8) is 0 Å². The molecule has 96 valence electrons. The highest BCUT2D eigenvalue weighted by Gasteiger charge is 2.62. The van der Waals surface area contributed by atoms with E-state index >= 15 is 0 Å². The standard InChI is InChI=1S/C12H12Cl2N2O2/c1-6-5-12(6,10(15)17)11(18)16-9-3-7(13)2-8(14)4-9/h2-4,6H,5H2,1H3,(H2,15,17)(H,16,18). The summed E-state index contributed by atoms with van der Waals surface area (Å²) >= 11 is 11.7. The number of amides is 2. The van der Waals surface area contributed by atoms with Gasteiger partial charge in [-0.1, -0.05) is 30.1 Å². The first-order valence-electron chi connectivity index (χ1n) is 5.43. The smallest absolute Gasteiger partial charge is 0.240 e. The van der Waals surface area contributed by atoms with Gasteiger partial charge in [-0.3, -0.25) is 9.59 Å². The number of carbonyl (C=O) groups excluding carboxylic acids is 2. The van der Waals surface area contributed by atoms with Gasteiger partial charge in [0.25, 0.3) is 0 Å². The fraction of sp³-hybridized carbons (Fsp3) is 0.333. The maximum Gasteiger partial charge on any atom is 0.240 e. The van der Waals surface area contributed by atoms with Gasteiger partial charge in [0.05, 0.1) is 0 Å². The number of nitrogens with two attached hydrogens (primary N) is 1. The van der Waals surface area contributed by atoms with Crippen LogP contribution in [-0.2, 0) is 9.59 Å². The molecule has 0 saturated heterocycles. The molecule has 1 aromatic rings. The van der Waals surface area contributed by atoms with Gasteiger partial charge in [-0.2, -0.15) is 0 Å². The summed E-state index contributed by atoms with van der Waals surface area (Å²) in [5, 5.41) is 3.45. The Hall–Kier alpha value is -1.26. The van der Waals surface area contributed by atoms with Crippen molar-refractivity contribution in [2.75, 3.05) is 5.32 Å². The maximum atomic E-state index is 12.1. The lowest BCUT2D eigenvalue weighted by atomic mass is 10.0. The molecule has 1 aromatic carbocycles. The predicted molar refractivity (Wildman–Crippen MR) is 70.5 cm³/mol. The average molecular weight is 287 g/mol. The summed E-state index contributed by atoms with van der Waals surface area (Å²) in [4.78, 5) is 23.4. The van der Waals surface area contributed by atoms with Crippen LogP contribution in [0.2, 0.25) is 10.0 Å². The molecule has 2 rings (SSSR count). The van der Waals surface area contributed by atoms with Crippen LogP contribution in [0.15, 0.2) is 18.2 Å². The van der Waals surface area contributed by atoms with E-state index in [0.717, 1.165) is 0 Å². The summed E-state index contributed by atoms with van der Waals surface area (Å²) < 4.78 is 0. The van der Waals surface area contributed by atoms with E-state index in [1.165, 1.54) is 0 Å². The Bertz CT molecular complexity index is 513. The first-order valence-corrected chi connectivity index (χ1v) is 6.19. The van der Waals surface area contributed by atoms with Gasteiger partial charge in [-0.25, -0.2) is 0 Å². The third-order valence-corrected chi connectivity index (χ3v) is 3.71. The Morgan fingerprint density at radius 2 is 1.83 bits per heavy atom. The zero-order valence-electron chi connectivity index (χ0n) is 9.67. The summed E-state index contributed by atoms with van der Waals surface area (Å²) in [6, 6.07) is 4.68. The van der Waals surface area contributed by atoms with E-state index in [9.17, 15) is 9.59 Å². The lowest BCUT2D eigenvalue weighted by Gasteiger charge is -2.13. The van der Waals surface area contributed by atoms with Crippen molar-refractivity contribution in [3.8, 4) is 0 Å². The van der Waals surface area contributed by atoms with Crippen LogP contribution in [0.4, 0.5) is 5.69 Å². The number of anilines is 1. The van der Waals surface area contributed by atoms with E-state index in [4.69, 9.17) is 28.9 Å². The molecule has 0 bridgehead atoms. The SMILES string of the molecule is CC1CC1(C(N)=O)C(=O)Nc1cc(Cl)cc(Cl)c1. The second-order valence-corrected chi connectivity index (χ2v) is 5.43. The lowest BCUT2D eigenvalue weighted by Crippen LogP contribution is -2.37. The van der Waals surface area contributed by atoms with Crippen LogP contribution in [0, 0.1) is 11.3 Å². The second-order valence-electron chi connectivity index (χ2n) is 4.55. The highest BCUT2D eigenvalue weighted by atomic mass is 35.5. The van der Waals surface area contributed by atoms with Crippen LogP contribution in [-0.4, -0.2) is 11.8 Å². The van der Waals surface area contributed by atoms with Gasteiger partial charge in [-0.05, 0) is 30.5 Å². The van der Waals surface area contributed by atoms with Gasteiger partial charge in [-0.15, -0.1) is 0 Å². The molecule has 0 aliphatic heterocycles. The average Bonchev–Trinajstić information content (AvgIpc) is 2.89. The van der Waals surface area contributed by atoms with Crippen LogP contribution < -0.4 is 11.1 Å². The van der Waals surface area contributed by atoms with E-state index < -0.39 is 17.2 Å². The number of rotatable bonds is 3. The Balaban J connectivity index is 2.19. The Morgan fingerprint density at radius 3 is 2.22 bits per heavy atom. The molecule has 6 heteroatoms. The number of primary amides is 1. The molecule has 0 spiro atoms. The summed E-state index contributed by atoms with van der Waals surface area (Å²) in [5.41, 5.74) is 4.65. The highest BCUT2D eigenvalue weighted by Crippen LogP contribution is 2.52. The number of benzene rings is 1. The van der Waals surface area contributed by atoms with Crippen molar-refractivity contribution in [2.24, 2.45) is 17.1 Å². The Kier molecular flexibility index (Phi) is 3.25. The molecule has 0 heterocycles. The van der Waals surface area contributed by atoms with Crippen LogP contribution in [0.5, 0.6) is 0 Å². The predicted octanol–water partition coefficient (Wildman–Crippen LogP) is 2.44. The first kappa shape index (κ1) is 13.2. The molecule has 2 atom stereocenters. The maximum absolute atomic E-state index is 12.1. The summed E-state index contributed by atoms with van der Waals surface area (Å²) in [6.07, 6.45) is 0.475. The van der Waals surface area contributed by atoms with Crippen LogP contribution in [0.1, 0.15) is 13.3 Å². The molecule has 2 amide bonds. The molecular formula is C12H12Cl2N2O2. The normalized spacial score (nSPS) is 25.6. The molecule has 1 aliphatic carbocycles. The molecule has 0 aromatic heterocycles. The quantitative estimate of drug-likeness (QED) is 0.838. The van der Waals surface area contributed by atoms with Crippen molar-refractivity contribution < 1.29 is 9.59 Å². The minimum atomic E-state index is -1.09. The number of hydrogen-bond donors (Lipinski definition) is 2. The topological polar surface area (TPSA) is 72.2 Å². The number of carbonyl (C=O) groups is 2. The largest absolute Gasteiger partial charge is 0.369 e.